The third kappa shape index (κ3) is 5.27. The third-order valence-corrected chi connectivity index (χ3v) is 3.31. The van der Waals surface area contributed by atoms with E-state index in [1.807, 2.05) is 19.1 Å². The molecule has 1 unspecified atom stereocenters. The molecule has 18 heavy (non-hydrogen) atoms. The molecule has 0 aliphatic heterocycles. The Hall–Kier alpha value is -0.740. The summed E-state index contributed by atoms with van der Waals surface area (Å²) in [4.78, 5) is 11.7. The number of hydrogen-bond donors (Lipinski definition) is 2. The number of amides is 1. The summed E-state index contributed by atoms with van der Waals surface area (Å²) >= 11 is 9.38. The summed E-state index contributed by atoms with van der Waals surface area (Å²) in [5.41, 5.74) is 0.762. The van der Waals surface area contributed by atoms with Gasteiger partial charge in [0.25, 0.3) is 0 Å². The van der Waals surface area contributed by atoms with Crippen molar-refractivity contribution in [3.8, 4) is 0 Å². The normalized spacial score (nSPS) is 12.0. The van der Waals surface area contributed by atoms with Crippen molar-refractivity contribution >= 4 is 39.1 Å². The number of halogens is 2. The van der Waals surface area contributed by atoms with Crippen LogP contribution in [0.25, 0.3) is 0 Å². The number of carbonyl (C=O) groups excluding carboxylic acids is 1. The maximum Gasteiger partial charge on any atom is 0.239 e. The van der Waals surface area contributed by atoms with Gasteiger partial charge in [-0.3, -0.25) is 4.79 Å². The molecular weight excluding hydrogens is 316 g/mol. The molecule has 0 radical (unpaired) electrons. The van der Waals surface area contributed by atoms with E-state index in [-0.39, 0.29) is 18.5 Å². The lowest BCUT2D eigenvalue weighted by atomic mass is 10.2. The fourth-order valence-electron chi connectivity index (χ4n) is 1.64. The van der Waals surface area contributed by atoms with Crippen LogP contribution in [-0.4, -0.2) is 18.5 Å². The van der Waals surface area contributed by atoms with Crippen LogP contribution in [0.4, 0.5) is 5.69 Å². The minimum Gasteiger partial charge on any atom is -0.375 e. The summed E-state index contributed by atoms with van der Waals surface area (Å²) in [6, 6.07) is 5.73. The van der Waals surface area contributed by atoms with Crippen molar-refractivity contribution in [1.82, 2.24) is 5.32 Å². The highest BCUT2D eigenvalue weighted by atomic mass is 79.9. The molecule has 0 aliphatic carbocycles. The molecule has 0 saturated heterocycles. The van der Waals surface area contributed by atoms with Gasteiger partial charge in [-0.1, -0.05) is 40.9 Å². The maximum absolute atomic E-state index is 11.7. The fourth-order valence-corrected chi connectivity index (χ4v) is 2.38. The number of hydrogen-bond acceptors (Lipinski definition) is 2. The molecule has 1 rings (SSSR count). The van der Waals surface area contributed by atoms with Gasteiger partial charge in [0.2, 0.25) is 5.91 Å². The molecule has 1 amide bonds. The number of nitrogens with one attached hydrogen (secondary N) is 2. The number of carbonyl (C=O) groups is 1. The Morgan fingerprint density at radius 2 is 2.22 bits per heavy atom. The van der Waals surface area contributed by atoms with Crippen LogP contribution in [-0.2, 0) is 4.79 Å². The van der Waals surface area contributed by atoms with E-state index < -0.39 is 0 Å². The molecule has 1 aromatic rings. The Balaban J connectivity index is 2.42. The lowest BCUT2D eigenvalue weighted by Crippen LogP contribution is -2.36. The summed E-state index contributed by atoms with van der Waals surface area (Å²) in [6.45, 7) is 4.34. The Morgan fingerprint density at radius 3 is 2.83 bits per heavy atom. The van der Waals surface area contributed by atoms with Gasteiger partial charge in [0.1, 0.15) is 0 Å². The smallest absolute Gasteiger partial charge is 0.239 e. The van der Waals surface area contributed by atoms with Crippen LogP contribution in [0.3, 0.4) is 0 Å². The Kier molecular flexibility index (Phi) is 6.50. The van der Waals surface area contributed by atoms with E-state index in [2.05, 4.69) is 33.5 Å². The van der Waals surface area contributed by atoms with Gasteiger partial charge in [-0.2, -0.15) is 0 Å². The van der Waals surface area contributed by atoms with Gasteiger partial charge >= 0.3 is 0 Å². The van der Waals surface area contributed by atoms with Gasteiger partial charge in [0, 0.05) is 10.5 Å². The molecule has 5 heteroatoms. The van der Waals surface area contributed by atoms with E-state index in [1.165, 1.54) is 0 Å². The average Bonchev–Trinajstić information content (AvgIpc) is 2.28. The highest BCUT2D eigenvalue weighted by Crippen LogP contribution is 2.25. The van der Waals surface area contributed by atoms with Gasteiger partial charge in [-0.15, -0.1) is 0 Å². The van der Waals surface area contributed by atoms with Gasteiger partial charge in [-0.05, 0) is 31.5 Å². The molecule has 0 aromatic heterocycles. The second kappa shape index (κ2) is 7.64. The van der Waals surface area contributed by atoms with Crippen molar-refractivity contribution in [3.05, 3.63) is 27.7 Å². The van der Waals surface area contributed by atoms with E-state index in [1.54, 1.807) is 6.07 Å². The van der Waals surface area contributed by atoms with Crippen LogP contribution < -0.4 is 10.6 Å². The van der Waals surface area contributed by atoms with E-state index in [0.29, 0.717) is 5.02 Å². The quantitative estimate of drug-likeness (QED) is 0.831. The molecule has 0 fully saturated rings. The lowest BCUT2D eigenvalue weighted by molar-refractivity contribution is -0.120. The molecular formula is C13H18BrClN2O. The SMILES string of the molecule is CCCC(C)NC(=O)CNc1ccc(Br)cc1Cl. The van der Waals surface area contributed by atoms with Crippen molar-refractivity contribution in [3.63, 3.8) is 0 Å². The van der Waals surface area contributed by atoms with Gasteiger partial charge in [0.05, 0.1) is 17.3 Å². The molecule has 100 valence electrons. The van der Waals surface area contributed by atoms with Crippen LogP contribution in [0.1, 0.15) is 26.7 Å². The summed E-state index contributed by atoms with van der Waals surface area (Å²) < 4.78 is 0.916. The Morgan fingerprint density at radius 1 is 1.50 bits per heavy atom. The van der Waals surface area contributed by atoms with E-state index in [4.69, 9.17) is 11.6 Å². The van der Waals surface area contributed by atoms with Crippen molar-refractivity contribution in [2.75, 3.05) is 11.9 Å². The molecule has 0 spiro atoms. The molecule has 0 aliphatic rings. The summed E-state index contributed by atoms with van der Waals surface area (Å²) in [7, 11) is 0. The van der Waals surface area contributed by atoms with Crippen molar-refractivity contribution in [2.24, 2.45) is 0 Å². The van der Waals surface area contributed by atoms with Gasteiger partial charge < -0.3 is 10.6 Å². The predicted molar refractivity (Wildman–Crippen MR) is 80.2 cm³/mol. The predicted octanol–water partition coefficient (Wildman–Crippen LogP) is 3.82. The summed E-state index contributed by atoms with van der Waals surface area (Å²) in [5, 5.41) is 6.55. The fraction of sp³-hybridized carbons (Fsp3) is 0.462. The van der Waals surface area contributed by atoms with Crippen LogP contribution in [0.15, 0.2) is 22.7 Å². The standard InChI is InChI=1S/C13H18BrClN2O/c1-3-4-9(2)17-13(18)8-16-12-6-5-10(14)7-11(12)15/h5-7,9,16H,3-4,8H2,1-2H3,(H,17,18). The van der Waals surface area contributed by atoms with Crippen molar-refractivity contribution < 1.29 is 4.79 Å². The minimum atomic E-state index is -0.0186. The Labute approximate surface area is 121 Å². The molecule has 0 heterocycles. The van der Waals surface area contributed by atoms with Crippen LogP contribution in [0, 0.1) is 0 Å². The minimum absolute atomic E-state index is 0.0186. The van der Waals surface area contributed by atoms with E-state index in [0.717, 1.165) is 23.0 Å². The summed E-state index contributed by atoms with van der Waals surface area (Å²) in [6.07, 6.45) is 2.05. The maximum atomic E-state index is 11.7. The van der Waals surface area contributed by atoms with Crippen molar-refractivity contribution in [2.45, 2.75) is 32.7 Å². The van der Waals surface area contributed by atoms with Gasteiger partial charge in [-0.25, -0.2) is 0 Å². The van der Waals surface area contributed by atoms with Crippen LogP contribution in [0.5, 0.6) is 0 Å². The Bertz CT molecular complexity index is 412. The second-order valence-corrected chi connectivity index (χ2v) is 5.56. The molecule has 0 bridgehead atoms. The average molecular weight is 334 g/mol. The highest BCUT2D eigenvalue weighted by molar-refractivity contribution is 9.10. The zero-order valence-corrected chi connectivity index (χ0v) is 12.9. The lowest BCUT2D eigenvalue weighted by Gasteiger charge is -2.14. The number of anilines is 1. The molecule has 0 saturated carbocycles. The number of rotatable bonds is 6. The zero-order valence-electron chi connectivity index (χ0n) is 10.6. The zero-order chi connectivity index (χ0) is 13.5. The van der Waals surface area contributed by atoms with E-state index >= 15 is 0 Å². The molecule has 1 atom stereocenters. The monoisotopic (exact) mass is 332 g/mol. The first-order valence-electron chi connectivity index (χ1n) is 6.01. The topological polar surface area (TPSA) is 41.1 Å². The largest absolute Gasteiger partial charge is 0.375 e. The first-order chi connectivity index (χ1) is 8.52. The van der Waals surface area contributed by atoms with Crippen LogP contribution in [0.2, 0.25) is 5.02 Å². The molecule has 2 N–H and O–H groups in total. The van der Waals surface area contributed by atoms with E-state index in [9.17, 15) is 4.79 Å². The first-order valence-corrected chi connectivity index (χ1v) is 7.18. The van der Waals surface area contributed by atoms with Gasteiger partial charge in [0.15, 0.2) is 0 Å². The highest BCUT2D eigenvalue weighted by Gasteiger charge is 2.07. The second-order valence-electron chi connectivity index (χ2n) is 4.23. The van der Waals surface area contributed by atoms with Crippen LogP contribution >= 0.6 is 27.5 Å². The number of benzene rings is 1. The summed E-state index contributed by atoms with van der Waals surface area (Å²) in [5.74, 6) is -0.0186. The van der Waals surface area contributed by atoms with Crippen molar-refractivity contribution in [1.29, 1.82) is 0 Å². The molecule has 3 nitrogen and oxygen atoms in total. The first kappa shape index (κ1) is 15.3. The molecule has 1 aromatic carbocycles. The third-order valence-electron chi connectivity index (χ3n) is 2.50.